The van der Waals surface area contributed by atoms with Gasteiger partial charge in [0.25, 0.3) is 0 Å². The van der Waals surface area contributed by atoms with Crippen LogP contribution in [0.1, 0.15) is 18.4 Å². The average molecular weight is 291 g/mol. The van der Waals surface area contributed by atoms with Crippen LogP contribution in [-0.2, 0) is 0 Å². The molecule has 1 unspecified atom stereocenters. The number of benzene rings is 3. The van der Waals surface area contributed by atoms with Gasteiger partial charge in [-0.25, -0.2) is 0 Å². The van der Waals surface area contributed by atoms with E-state index >= 15 is 0 Å². The Morgan fingerprint density at radius 3 is 2.36 bits per heavy atom. The Balaban J connectivity index is 1.68. The molecule has 3 aromatic carbocycles. The molecule has 0 amide bonds. The van der Waals surface area contributed by atoms with E-state index in [0.29, 0.717) is 5.92 Å². The maximum absolute atomic E-state index is 5.18. The zero-order chi connectivity index (χ0) is 15.4. The molecule has 0 aliphatic carbocycles. The van der Waals surface area contributed by atoms with Gasteiger partial charge in [-0.15, -0.1) is 0 Å². The zero-order valence-electron chi connectivity index (χ0n) is 13.0. The standard InChI is InChI=1S/C20H21NO/c1-15(14-21-19-9-11-20(22-2)12-10-19)17-8-7-16-5-3-4-6-18(16)13-17/h3-13,15,21H,14H2,1-2H3. The van der Waals surface area contributed by atoms with Gasteiger partial charge in [0, 0.05) is 12.2 Å². The van der Waals surface area contributed by atoms with Crippen LogP contribution in [0.3, 0.4) is 0 Å². The van der Waals surface area contributed by atoms with Crippen molar-refractivity contribution in [3.05, 3.63) is 72.3 Å². The number of fused-ring (bicyclic) bond motifs is 1. The quantitative estimate of drug-likeness (QED) is 0.709. The predicted octanol–water partition coefficient (Wildman–Crippen LogP) is 5.06. The highest BCUT2D eigenvalue weighted by Crippen LogP contribution is 2.22. The lowest BCUT2D eigenvalue weighted by molar-refractivity contribution is 0.415. The molecule has 0 spiro atoms. The third-order valence-electron chi connectivity index (χ3n) is 4.04. The van der Waals surface area contributed by atoms with Crippen LogP contribution >= 0.6 is 0 Å². The average Bonchev–Trinajstić information content (AvgIpc) is 2.59. The van der Waals surface area contributed by atoms with Gasteiger partial charge in [0.1, 0.15) is 5.75 Å². The van der Waals surface area contributed by atoms with Crippen molar-refractivity contribution in [3.63, 3.8) is 0 Å². The van der Waals surface area contributed by atoms with Gasteiger partial charge < -0.3 is 10.1 Å². The number of nitrogens with one attached hydrogen (secondary N) is 1. The van der Waals surface area contributed by atoms with Gasteiger partial charge in [-0.05, 0) is 46.5 Å². The summed E-state index contributed by atoms with van der Waals surface area (Å²) in [5, 5.41) is 6.08. The van der Waals surface area contributed by atoms with Crippen molar-refractivity contribution >= 4 is 16.5 Å². The first-order chi connectivity index (χ1) is 10.8. The summed E-state index contributed by atoms with van der Waals surface area (Å²) in [6.07, 6.45) is 0. The van der Waals surface area contributed by atoms with E-state index in [-0.39, 0.29) is 0 Å². The summed E-state index contributed by atoms with van der Waals surface area (Å²) in [4.78, 5) is 0. The summed E-state index contributed by atoms with van der Waals surface area (Å²) in [5.74, 6) is 1.33. The Bertz CT molecular complexity index is 749. The second-order valence-electron chi connectivity index (χ2n) is 5.62. The van der Waals surface area contributed by atoms with Crippen LogP contribution in [0.15, 0.2) is 66.7 Å². The van der Waals surface area contributed by atoms with Gasteiger partial charge in [-0.1, -0.05) is 49.4 Å². The Kier molecular flexibility index (Phi) is 4.29. The fourth-order valence-corrected chi connectivity index (χ4v) is 2.61. The van der Waals surface area contributed by atoms with E-state index in [1.807, 2.05) is 24.3 Å². The second-order valence-corrected chi connectivity index (χ2v) is 5.62. The van der Waals surface area contributed by atoms with Crippen molar-refractivity contribution in [3.8, 4) is 5.75 Å². The number of hydrogen-bond donors (Lipinski definition) is 1. The largest absolute Gasteiger partial charge is 0.497 e. The van der Waals surface area contributed by atoms with E-state index in [0.717, 1.165) is 18.0 Å². The molecule has 2 nitrogen and oxygen atoms in total. The van der Waals surface area contributed by atoms with Crippen LogP contribution in [0.4, 0.5) is 5.69 Å². The fraction of sp³-hybridized carbons (Fsp3) is 0.200. The minimum Gasteiger partial charge on any atom is -0.497 e. The minimum absolute atomic E-state index is 0.451. The molecule has 0 radical (unpaired) electrons. The van der Waals surface area contributed by atoms with Crippen LogP contribution in [-0.4, -0.2) is 13.7 Å². The lowest BCUT2D eigenvalue weighted by Gasteiger charge is -2.15. The number of methoxy groups -OCH3 is 1. The number of rotatable bonds is 5. The van der Waals surface area contributed by atoms with Gasteiger partial charge in [0.05, 0.1) is 7.11 Å². The second kappa shape index (κ2) is 6.52. The van der Waals surface area contributed by atoms with E-state index in [4.69, 9.17) is 4.74 Å². The zero-order valence-corrected chi connectivity index (χ0v) is 13.0. The summed E-state index contributed by atoms with van der Waals surface area (Å²) in [6.45, 7) is 3.16. The van der Waals surface area contributed by atoms with Crippen LogP contribution in [0.2, 0.25) is 0 Å². The first kappa shape index (κ1) is 14.5. The summed E-state index contributed by atoms with van der Waals surface area (Å²) < 4.78 is 5.18. The molecule has 2 heteroatoms. The fourth-order valence-electron chi connectivity index (χ4n) is 2.61. The third-order valence-corrected chi connectivity index (χ3v) is 4.04. The van der Waals surface area contributed by atoms with E-state index in [2.05, 4.69) is 54.7 Å². The minimum atomic E-state index is 0.451. The first-order valence-corrected chi connectivity index (χ1v) is 7.63. The molecule has 3 aromatic rings. The highest BCUT2D eigenvalue weighted by Gasteiger charge is 2.06. The summed E-state index contributed by atoms with van der Waals surface area (Å²) >= 11 is 0. The van der Waals surface area contributed by atoms with Crippen molar-refractivity contribution in [2.24, 2.45) is 0 Å². The maximum atomic E-state index is 5.18. The lowest BCUT2D eigenvalue weighted by Crippen LogP contribution is -2.09. The Morgan fingerprint density at radius 1 is 0.909 bits per heavy atom. The van der Waals surface area contributed by atoms with Crippen molar-refractivity contribution in [1.82, 2.24) is 0 Å². The molecular weight excluding hydrogens is 270 g/mol. The molecule has 112 valence electrons. The molecule has 0 aromatic heterocycles. The van der Waals surface area contributed by atoms with E-state index in [9.17, 15) is 0 Å². The molecule has 1 N–H and O–H groups in total. The van der Waals surface area contributed by atoms with Crippen LogP contribution < -0.4 is 10.1 Å². The van der Waals surface area contributed by atoms with E-state index in [1.54, 1.807) is 7.11 Å². The number of hydrogen-bond acceptors (Lipinski definition) is 2. The predicted molar refractivity (Wildman–Crippen MR) is 93.8 cm³/mol. The molecule has 0 saturated heterocycles. The molecule has 0 fully saturated rings. The molecule has 3 rings (SSSR count). The summed E-state index contributed by atoms with van der Waals surface area (Å²) in [5.41, 5.74) is 2.48. The highest BCUT2D eigenvalue weighted by atomic mass is 16.5. The maximum Gasteiger partial charge on any atom is 0.119 e. The Labute approximate surface area is 131 Å². The summed E-state index contributed by atoms with van der Waals surface area (Å²) in [7, 11) is 1.68. The van der Waals surface area contributed by atoms with Crippen molar-refractivity contribution in [2.45, 2.75) is 12.8 Å². The highest BCUT2D eigenvalue weighted by molar-refractivity contribution is 5.83. The van der Waals surface area contributed by atoms with Crippen LogP contribution in [0.25, 0.3) is 10.8 Å². The number of anilines is 1. The topological polar surface area (TPSA) is 21.3 Å². The molecule has 0 aliphatic rings. The summed E-state index contributed by atoms with van der Waals surface area (Å²) in [6, 6.07) is 23.3. The molecule has 0 bridgehead atoms. The smallest absolute Gasteiger partial charge is 0.119 e. The van der Waals surface area contributed by atoms with Gasteiger partial charge in [0.2, 0.25) is 0 Å². The van der Waals surface area contributed by atoms with E-state index in [1.165, 1.54) is 16.3 Å². The third kappa shape index (κ3) is 3.22. The first-order valence-electron chi connectivity index (χ1n) is 7.63. The Hall–Kier alpha value is -2.48. The van der Waals surface area contributed by atoms with E-state index < -0.39 is 0 Å². The van der Waals surface area contributed by atoms with Crippen LogP contribution in [0, 0.1) is 0 Å². The van der Waals surface area contributed by atoms with Crippen molar-refractivity contribution < 1.29 is 4.74 Å². The van der Waals surface area contributed by atoms with Gasteiger partial charge in [0.15, 0.2) is 0 Å². The lowest BCUT2D eigenvalue weighted by atomic mass is 9.97. The van der Waals surface area contributed by atoms with Gasteiger partial charge >= 0.3 is 0 Å². The number of ether oxygens (including phenoxy) is 1. The van der Waals surface area contributed by atoms with Crippen molar-refractivity contribution in [2.75, 3.05) is 19.0 Å². The Morgan fingerprint density at radius 2 is 1.64 bits per heavy atom. The van der Waals surface area contributed by atoms with Crippen molar-refractivity contribution in [1.29, 1.82) is 0 Å². The monoisotopic (exact) mass is 291 g/mol. The molecule has 0 heterocycles. The van der Waals surface area contributed by atoms with Gasteiger partial charge in [-0.2, -0.15) is 0 Å². The van der Waals surface area contributed by atoms with Crippen LogP contribution in [0.5, 0.6) is 5.75 Å². The molecule has 1 atom stereocenters. The molecule has 0 aliphatic heterocycles. The van der Waals surface area contributed by atoms with Gasteiger partial charge in [-0.3, -0.25) is 0 Å². The normalized spacial score (nSPS) is 12.1. The molecule has 0 saturated carbocycles. The SMILES string of the molecule is COc1ccc(NCC(C)c2ccc3ccccc3c2)cc1. The molecular formula is C20H21NO. The molecule has 22 heavy (non-hydrogen) atoms.